The average Bonchev–Trinajstić information content (AvgIpc) is 3.68. The number of para-hydroxylation sites is 4. The van der Waals surface area contributed by atoms with Gasteiger partial charge in [0.1, 0.15) is 0 Å². The van der Waals surface area contributed by atoms with E-state index in [0.717, 1.165) is 0 Å². The zero-order valence-corrected chi connectivity index (χ0v) is 23.0. The van der Waals surface area contributed by atoms with Gasteiger partial charge in [-0.1, -0.05) is 97.1 Å². The van der Waals surface area contributed by atoms with Crippen molar-refractivity contribution in [3.63, 3.8) is 0 Å². The number of nitrogens with zero attached hydrogens (tertiary/aromatic N) is 2. The van der Waals surface area contributed by atoms with E-state index in [2.05, 4.69) is 155 Å². The third-order valence-corrected chi connectivity index (χ3v) is 9.49. The van der Waals surface area contributed by atoms with E-state index in [1.807, 2.05) is 11.3 Å². The molecule has 3 aromatic heterocycles. The molecule has 6 aromatic carbocycles. The Hall–Kier alpha value is -5.12. The SMILES string of the molecule is c1ccc(-n2c3ccccc3c3c(-c4ccc5c(c4)sc4c6ccccc6n(-c6ccccc6)c54)cccc32)cc1. The van der Waals surface area contributed by atoms with Gasteiger partial charge in [-0.3, -0.25) is 0 Å². The standard InChI is InChI=1S/C38H24N2S/c1-3-12-26(13-4-1)39-32-19-9-7-16-29(32)36-28(18-11-21-34(36)39)25-22-23-31-35(24-25)41-38-30-17-8-10-20-33(30)40(37(31)38)27-14-5-2-6-15-27/h1-24H. The van der Waals surface area contributed by atoms with Gasteiger partial charge in [-0.2, -0.15) is 0 Å². The Bertz CT molecular complexity index is 2410. The number of thiophene rings is 1. The van der Waals surface area contributed by atoms with Crippen molar-refractivity contribution in [1.29, 1.82) is 0 Å². The van der Waals surface area contributed by atoms with Crippen LogP contribution in [0.2, 0.25) is 0 Å². The lowest BCUT2D eigenvalue weighted by atomic mass is 9.99. The maximum absolute atomic E-state index is 2.43. The summed E-state index contributed by atoms with van der Waals surface area (Å²) in [5.41, 5.74) is 9.90. The van der Waals surface area contributed by atoms with E-state index in [4.69, 9.17) is 0 Å². The van der Waals surface area contributed by atoms with Crippen molar-refractivity contribution >= 4 is 64.3 Å². The molecule has 0 spiro atoms. The predicted octanol–water partition coefficient (Wildman–Crippen LogP) is 10.8. The van der Waals surface area contributed by atoms with Crippen molar-refractivity contribution < 1.29 is 0 Å². The lowest BCUT2D eigenvalue weighted by molar-refractivity contribution is 1.18. The first-order valence-corrected chi connectivity index (χ1v) is 14.8. The van der Waals surface area contributed by atoms with Gasteiger partial charge in [0.05, 0.1) is 26.8 Å². The molecule has 3 heterocycles. The second-order valence-electron chi connectivity index (χ2n) is 10.6. The van der Waals surface area contributed by atoms with Crippen LogP contribution in [0.1, 0.15) is 0 Å². The molecule has 9 rings (SSSR count). The summed E-state index contributed by atoms with van der Waals surface area (Å²) >= 11 is 1.90. The molecule has 0 saturated carbocycles. The molecular weight excluding hydrogens is 516 g/mol. The van der Waals surface area contributed by atoms with Gasteiger partial charge in [0.2, 0.25) is 0 Å². The van der Waals surface area contributed by atoms with E-state index in [1.165, 1.54) is 75.5 Å². The lowest BCUT2D eigenvalue weighted by Crippen LogP contribution is -1.93. The molecule has 0 unspecified atom stereocenters. The van der Waals surface area contributed by atoms with Crippen molar-refractivity contribution in [3.8, 4) is 22.5 Å². The Morgan fingerprint density at radius 2 is 1.05 bits per heavy atom. The first kappa shape index (κ1) is 22.7. The van der Waals surface area contributed by atoms with E-state index in [1.54, 1.807) is 0 Å². The summed E-state index contributed by atoms with van der Waals surface area (Å²) in [6.45, 7) is 0. The van der Waals surface area contributed by atoms with Crippen LogP contribution in [-0.4, -0.2) is 9.13 Å². The third-order valence-electron chi connectivity index (χ3n) is 8.31. The Balaban J connectivity index is 1.33. The highest BCUT2D eigenvalue weighted by atomic mass is 32.1. The number of fused-ring (bicyclic) bond motifs is 8. The smallest absolute Gasteiger partial charge is 0.0727 e. The molecule has 0 N–H and O–H groups in total. The molecule has 9 aromatic rings. The quantitative estimate of drug-likeness (QED) is 0.211. The topological polar surface area (TPSA) is 9.86 Å². The van der Waals surface area contributed by atoms with Crippen LogP contribution in [0.4, 0.5) is 0 Å². The molecule has 0 bridgehead atoms. The maximum Gasteiger partial charge on any atom is 0.0727 e. The molecular formula is C38H24N2S. The van der Waals surface area contributed by atoms with Crippen molar-refractivity contribution in [2.75, 3.05) is 0 Å². The minimum Gasteiger partial charge on any atom is -0.309 e. The summed E-state index contributed by atoms with van der Waals surface area (Å²) in [4.78, 5) is 0. The number of hydrogen-bond donors (Lipinski definition) is 0. The van der Waals surface area contributed by atoms with Gasteiger partial charge >= 0.3 is 0 Å². The molecule has 0 atom stereocenters. The molecule has 2 nitrogen and oxygen atoms in total. The molecule has 0 aliphatic carbocycles. The summed E-state index contributed by atoms with van der Waals surface area (Å²) < 4.78 is 7.47. The van der Waals surface area contributed by atoms with Crippen molar-refractivity contribution in [1.82, 2.24) is 9.13 Å². The second kappa shape index (κ2) is 8.69. The van der Waals surface area contributed by atoms with Crippen LogP contribution in [0.15, 0.2) is 146 Å². The minimum atomic E-state index is 1.18. The molecule has 0 amide bonds. The van der Waals surface area contributed by atoms with Gasteiger partial charge in [0.15, 0.2) is 0 Å². The van der Waals surface area contributed by atoms with E-state index < -0.39 is 0 Å². The number of hydrogen-bond acceptors (Lipinski definition) is 1. The van der Waals surface area contributed by atoms with E-state index >= 15 is 0 Å². The zero-order chi connectivity index (χ0) is 26.9. The Morgan fingerprint density at radius 3 is 1.80 bits per heavy atom. The van der Waals surface area contributed by atoms with Crippen molar-refractivity contribution in [3.05, 3.63) is 146 Å². The summed E-state index contributed by atoms with van der Waals surface area (Å²) in [5.74, 6) is 0. The first-order chi connectivity index (χ1) is 20.4. The fourth-order valence-corrected chi connectivity index (χ4v) is 7.86. The van der Waals surface area contributed by atoms with E-state index in [9.17, 15) is 0 Å². The number of rotatable bonds is 3. The largest absolute Gasteiger partial charge is 0.309 e. The Morgan fingerprint density at radius 1 is 0.439 bits per heavy atom. The molecule has 0 saturated heterocycles. The van der Waals surface area contributed by atoms with E-state index in [0.29, 0.717) is 0 Å². The van der Waals surface area contributed by atoms with Gasteiger partial charge in [-0.25, -0.2) is 0 Å². The van der Waals surface area contributed by atoms with Crippen LogP contribution in [0.5, 0.6) is 0 Å². The van der Waals surface area contributed by atoms with E-state index in [-0.39, 0.29) is 0 Å². The molecule has 3 heteroatoms. The Labute approximate surface area is 240 Å². The van der Waals surface area contributed by atoms with Gasteiger partial charge in [-0.05, 0) is 59.7 Å². The Kier molecular flexibility index (Phi) is 4.80. The summed E-state index contributed by atoms with van der Waals surface area (Å²) in [6, 6.07) is 52.7. The normalized spacial score (nSPS) is 11.9. The lowest BCUT2D eigenvalue weighted by Gasteiger charge is -2.09. The summed E-state index contributed by atoms with van der Waals surface area (Å²) in [7, 11) is 0. The molecule has 0 radical (unpaired) electrons. The highest BCUT2D eigenvalue weighted by molar-refractivity contribution is 7.26. The highest BCUT2D eigenvalue weighted by Gasteiger charge is 2.19. The van der Waals surface area contributed by atoms with Crippen molar-refractivity contribution in [2.45, 2.75) is 0 Å². The van der Waals surface area contributed by atoms with Crippen LogP contribution >= 0.6 is 11.3 Å². The molecule has 0 aliphatic rings. The zero-order valence-electron chi connectivity index (χ0n) is 22.2. The minimum absolute atomic E-state index is 1.18. The molecule has 192 valence electrons. The highest BCUT2D eigenvalue weighted by Crippen LogP contribution is 2.45. The van der Waals surface area contributed by atoms with Gasteiger partial charge < -0.3 is 9.13 Å². The molecule has 41 heavy (non-hydrogen) atoms. The average molecular weight is 541 g/mol. The van der Waals surface area contributed by atoms with Crippen LogP contribution < -0.4 is 0 Å². The predicted molar refractivity (Wildman–Crippen MR) is 176 cm³/mol. The van der Waals surface area contributed by atoms with Crippen molar-refractivity contribution in [2.24, 2.45) is 0 Å². The molecule has 0 aliphatic heterocycles. The van der Waals surface area contributed by atoms with Gasteiger partial charge in [-0.15, -0.1) is 11.3 Å². The van der Waals surface area contributed by atoms with Crippen LogP contribution in [0.25, 0.3) is 75.5 Å². The number of benzene rings is 6. The summed E-state index contributed by atoms with van der Waals surface area (Å²) in [5, 5.41) is 5.18. The van der Waals surface area contributed by atoms with Crippen LogP contribution in [-0.2, 0) is 0 Å². The maximum atomic E-state index is 2.43. The second-order valence-corrected chi connectivity index (χ2v) is 11.6. The van der Waals surface area contributed by atoms with Crippen LogP contribution in [0, 0.1) is 0 Å². The number of aromatic nitrogens is 2. The fraction of sp³-hybridized carbons (Fsp3) is 0. The molecule has 0 fully saturated rings. The monoisotopic (exact) mass is 540 g/mol. The first-order valence-electron chi connectivity index (χ1n) is 14.0. The van der Waals surface area contributed by atoms with Gasteiger partial charge in [0, 0.05) is 37.6 Å². The van der Waals surface area contributed by atoms with Crippen LogP contribution in [0.3, 0.4) is 0 Å². The van der Waals surface area contributed by atoms with Gasteiger partial charge in [0.25, 0.3) is 0 Å². The fourth-order valence-electron chi connectivity index (χ4n) is 6.60. The summed E-state index contributed by atoms with van der Waals surface area (Å²) in [6.07, 6.45) is 0. The third kappa shape index (κ3) is 3.24.